The van der Waals surface area contributed by atoms with Gasteiger partial charge in [-0.25, -0.2) is 0 Å². The average Bonchev–Trinajstić information content (AvgIpc) is 2.65. The van der Waals surface area contributed by atoms with E-state index < -0.39 is 6.60 Å². The molecule has 2 saturated carbocycles. The minimum atomic E-state index is -1.46. The zero-order valence-electron chi connectivity index (χ0n) is 17.8. The standard InChI is InChI=1S/C18H37P.2C2H6/c1-4-5-16-19(2,3,17-12-8-6-9-13-17)18-14-10-7-11-15-18;2*1-2/h17-18H,4-16H2,1-3H3;2*1-2H3. The second kappa shape index (κ2) is 11.9. The number of unbranched alkanes of at least 4 members (excludes halogenated alkanes) is 1. The third-order valence-electron chi connectivity index (χ3n) is 6.77. The molecule has 2 rings (SSSR count). The molecule has 0 aromatic heterocycles. The SMILES string of the molecule is CC.CC.CCCCP(C)(C)(C1CCCCC1)C1CCCCC1. The Balaban J connectivity index is 0.00000112. The van der Waals surface area contributed by atoms with Crippen LogP contribution in [0.4, 0.5) is 0 Å². The summed E-state index contributed by atoms with van der Waals surface area (Å²) in [6, 6.07) is 0. The fraction of sp³-hybridized carbons (Fsp3) is 1.00. The van der Waals surface area contributed by atoms with Crippen molar-refractivity contribution >= 4 is 6.60 Å². The van der Waals surface area contributed by atoms with Gasteiger partial charge in [-0.1, -0.05) is 27.7 Å². The van der Waals surface area contributed by atoms with Crippen LogP contribution in [-0.2, 0) is 0 Å². The predicted molar refractivity (Wildman–Crippen MR) is 115 cm³/mol. The fourth-order valence-electron chi connectivity index (χ4n) is 5.18. The zero-order chi connectivity index (χ0) is 17.8. The second-order valence-corrected chi connectivity index (χ2v) is 15.4. The van der Waals surface area contributed by atoms with Crippen LogP contribution in [0.5, 0.6) is 0 Å². The summed E-state index contributed by atoms with van der Waals surface area (Å²) in [6.45, 7) is 14.6. The first-order chi connectivity index (χ1) is 11.1. The van der Waals surface area contributed by atoms with Crippen molar-refractivity contribution in [2.45, 2.75) is 123 Å². The van der Waals surface area contributed by atoms with Gasteiger partial charge < -0.3 is 0 Å². The minimum absolute atomic E-state index is 1.13. The van der Waals surface area contributed by atoms with Crippen LogP contribution < -0.4 is 0 Å². The molecular weight excluding hydrogens is 295 g/mol. The van der Waals surface area contributed by atoms with Gasteiger partial charge in [-0.05, 0) is 0 Å². The molecule has 0 atom stereocenters. The van der Waals surface area contributed by atoms with Gasteiger partial charge >= 0.3 is 121 Å². The number of rotatable bonds is 5. The summed E-state index contributed by atoms with van der Waals surface area (Å²) in [5, 5.41) is 0. The summed E-state index contributed by atoms with van der Waals surface area (Å²) in [4.78, 5) is 0. The predicted octanol–water partition coefficient (Wildman–Crippen LogP) is 8.32. The van der Waals surface area contributed by atoms with Crippen molar-refractivity contribution < 1.29 is 0 Å². The third-order valence-corrected chi connectivity index (χ3v) is 14.3. The summed E-state index contributed by atoms with van der Waals surface area (Å²) < 4.78 is 0. The topological polar surface area (TPSA) is 0 Å². The molecule has 1 heteroatoms. The van der Waals surface area contributed by atoms with Gasteiger partial charge in [0.05, 0.1) is 0 Å². The van der Waals surface area contributed by atoms with Gasteiger partial charge in [0, 0.05) is 0 Å². The van der Waals surface area contributed by atoms with Crippen molar-refractivity contribution in [1.82, 2.24) is 0 Å². The molecule has 23 heavy (non-hydrogen) atoms. The van der Waals surface area contributed by atoms with Gasteiger partial charge in [-0.15, -0.1) is 0 Å². The van der Waals surface area contributed by atoms with Gasteiger partial charge in [0.15, 0.2) is 0 Å². The fourth-order valence-corrected chi connectivity index (χ4v) is 11.9. The Hall–Kier alpha value is 0.430. The normalized spacial score (nSPS) is 22.0. The van der Waals surface area contributed by atoms with E-state index >= 15 is 0 Å². The second-order valence-electron chi connectivity index (χ2n) is 8.29. The van der Waals surface area contributed by atoms with Crippen molar-refractivity contribution in [2.75, 3.05) is 19.5 Å². The van der Waals surface area contributed by atoms with Crippen LogP contribution in [-0.4, -0.2) is 30.8 Å². The van der Waals surface area contributed by atoms with E-state index in [1.54, 1.807) is 31.8 Å². The molecule has 0 saturated heterocycles. The van der Waals surface area contributed by atoms with Crippen LogP contribution in [0.3, 0.4) is 0 Å². The molecule has 2 aliphatic rings. The summed E-state index contributed by atoms with van der Waals surface area (Å²) in [6.07, 6.45) is 20.0. The first-order valence-corrected chi connectivity index (χ1v) is 14.5. The summed E-state index contributed by atoms with van der Waals surface area (Å²) in [5.74, 6) is 0. The van der Waals surface area contributed by atoms with Crippen LogP contribution in [0.1, 0.15) is 112 Å². The summed E-state index contributed by atoms with van der Waals surface area (Å²) in [5.41, 5.74) is 2.27. The zero-order valence-corrected chi connectivity index (χ0v) is 18.7. The average molecular weight is 345 g/mol. The number of hydrogen-bond acceptors (Lipinski definition) is 0. The van der Waals surface area contributed by atoms with Gasteiger partial charge in [0.1, 0.15) is 0 Å². The van der Waals surface area contributed by atoms with Crippen molar-refractivity contribution in [3.8, 4) is 0 Å². The molecule has 0 aliphatic heterocycles. The molecule has 142 valence electrons. The molecule has 0 spiro atoms. The molecule has 0 bridgehead atoms. The van der Waals surface area contributed by atoms with Gasteiger partial charge in [0.25, 0.3) is 0 Å². The third kappa shape index (κ3) is 6.34. The molecule has 0 nitrogen and oxygen atoms in total. The van der Waals surface area contributed by atoms with E-state index in [4.69, 9.17) is 0 Å². The Labute approximate surface area is 149 Å². The van der Waals surface area contributed by atoms with Crippen LogP contribution >= 0.6 is 6.60 Å². The van der Waals surface area contributed by atoms with E-state index in [-0.39, 0.29) is 0 Å². The molecule has 0 unspecified atom stereocenters. The maximum atomic E-state index is 2.83. The Kier molecular flexibility index (Phi) is 12.1. The van der Waals surface area contributed by atoms with E-state index in [1.807, 2.05) is 27.7 Å². The molecule has 2 fully saturated rings. The van der Waals surface area contributed by atoms with Crippen molar-refractivity contribution in [1.29, 1.82) is 0 Å². The monoisotopic (exact) mass is 344 g/mol. The molecule has 0 amide bonds. The summed E-state index contributed by atoms with van der Waals surface area (Å²) >= 11 is 0. The van der Waals surface area contributed by atoms with Crippen LogP contribution in [0.25, 0.3) is 0 Å². The maximum absolute atomic E-state index is 2.83. The molecule has 0 radical (unpaired) electrons. The molecule has 0 N–H and O–H groups in total. The first-order valence-electron chi connectivity index (χ1n) is 11.1. The van der Waals surface area contributed by atoms with E-state index in [1.165, 1.54) is 51.4 Å². The van der Waals surface area contributed by atoms with Gasteiger partial charge in [0.2, 0.25) is 0 Å². The Morgan fingerprint density at radius 3 is 1.30 bits per heavy atom. The number of hydrogen-bond donors (Lipinski definition) is 0. The van der Waals surface area contributed by atoms with Crippen LogP contribution in [0, 0.1) is 0 Å². The molecule has 0 aromatic rings. The Morgan fingerprint density at radius 1 is 0.652 bits per heavy atom. The quantitative estimate of drug-likeness (QED) is 0.440. The molecular formula is C22H49P. The van der Waals surface area contributed by atoms with E-state index in [9.17, 15) is 0 Å². The van der Waals surface area contributed by atoms with E-state index in [0.717, 1.165) is 11.3 Å². The van der Waals surface area contributed by atoms with Crippen LogP contribution in [0.2, 0.25) is 0 Å². The first kappa shape index (κ1) is 23.4. The van der Waals surface area contributed by atoms with E-state index in [0.29, 0.717) is 0 Å². The van der Waals surface area contributed by atoms with Gasteiger partial charge in [-0.2, -0.15) is 0 Å². The van der Waals surface area contributed by atoms with Crippen molar-refractivity contribution in [3.05, 3.63) is 0 Å². The van der Waals surface area contributed by atoms with Crippen molar-refractivity contribution in [3.63, 3.8) is 0 Å². The van der Waals surface area contributed by atoms with Gasteiger partial charge in [-0.3, -0.25) is 0 Å². The molecule has 2 aliphatic carbocycles. The summed E-state index contributed by atoms with van der Waals surface area (Å²) in [7, 11) is 0. The van der Waals surface area contributed by atoms with Crippen molar-refractivity contribution in [2.24, 2.45) is 0 Å². The Morgan fingerprint density at radius 2 is 1.00 bits per heavy atom. The van der Waals surface area contributed by atoms with Crippen LogP contribution in [0.15, 0.2) is 0 Å². The molecule has 0 aromatic carbocycles. The van der Waals surface area contributed by atoms with E-state index in [2.05, 4.69) is 20.3 Å². The molecule has 0 heterocycles. The Bertz CT molecular complexity index is 248.